The molecule has 250 valence electrons. The molecule has 1 N–H and O–H groups in total. The van der Waals surface area contributed by atoms with E-state index in [1.165, 1.54) is 128 Å². The van der Waals surface area contributed by atoms with Crippen LogP contribution in [-0.2, 0) is 23.8 Å². The third-order valence-electron chi connectivity index (χ3n) is 8.10. The SMILES string of the molecule is COCCCCCCCCCCCCCN(CCCCCCCCCCCCCOC)C(=O)CCC(=O)NCCOC. The highest BCUT2D eigenvalue weighted by Gasteiger charge is 2.14. The molecule has 0 spiro atoms. The minimum atomic E-state index is -0.0645. The van der Waals surface area contributed by atoms with Crippen LogP contribution in [0.2, 0.25) is 0 Å². The van der Waals surface area contributed by atoms with Crippen LogP contribution in [0.25, 0.3) is 0 Å². The molecule has 0 saturated carbocycles. The Kier molecular flexibility index (Phi) is 33.3. The number of ether oxygens (including phenoxy) is 3. The number of methoxy groups -OCH3 is 3. The molecule has 0 aliphatic carbocycles. The van der Waals surface area contributed by atoms with Crippen molar-refractivity contribution in [3.63, 3.8) is 0 Å². The zero-order chi connectivity index (χ0) is 30.8. The van der Waals surface area contributed by atoms with Crippen molar-refractivity contribution in [1.29, 1.82) is 0 Å². The van der Waals surface area contributed by atoms with Gasteiger partial charge in [0.1, 0.15) is 0 Å². The van der Waals surface area contributed by atoms with E-state index in [-0.39, 0.29) is 18.2 Å². The largest absolute Gasteiger partial charge is 0.385 e. The second-order valence-corrected chi connectivity index (χ2v) is 12.0. The van der Waals surface area contributed by atoms with E-state index < -0.39 is 0 Å². The van der Waals surface area contributed by atoms with Crippen molar-refractivity contribution in [3.05, 3.63) is 0 Å². The molecule has 0 bridgehead atoms. The lowest BCUT2D eigenvalue weighted by molar-refractivity contribution is -0.133. The highest BCUT2D eigenvalue weighted by molar-refractivity contribution is 5.83. The van der Waals surface area contributed by atoms with Crippen molar-refractivity contribution in [2.24, 2.45) is 0 Å². The lowest BCUT2D eigenvalue weighted by Gasteiger charge is -2.23. The molecular formula is C35H70N2O5. The van der Waals surface area contributed by atoms with Crippen LogP contribution in [-0.4, -0.2) is 77.5 Å². The van der Waals surface area contributed by atoms with Gasteiger partial charge >= 0.3 is 0 Å². The summed E-state index contributed by atoms with van der Waals surface area (Å²) in [6.45, 7) is 4.44. The van der Waals surface area contributed by atoms with Gasteiger partial charge in [-0.25, -0.2) is 0 Å². The van der Waals surface area contributed by atoms with Gasteiger partial charge in [0, 0.05) is 67.0 Å². The fraction of sp³-hybridized carbons (Fsp3) is 0.943. The van der Waals surface area contributed by atoms with Crippen molar-refractivity contribution in [1.82, 2.24) is 10.2 Å². The van der Waals surface area contributed by atoms with Crippen molar-refractivity contribution in [2.45, 2.75) is 154 Å². The highest BCUT2D eigenvalue weighted by Crippen LogP contribution is 2.14. The summed E-state index contributed by atoms with van der Waals surface area (Å²) in [6.07, 6.45) is 28.5. The molecule has 7 nitrogen and oxygen atoms in total. The van der Waals surface area contributed by atoms with Crippen molar-refractivity contribution >= 4 is 11.8 Å². The van der Waals surface area contributed by atoms with Gasteiger partial charge < -0.3 is 24.4 Å². The summed E-state index contributed by atoms with van der Waals surface area (Å²) >= 11 is 0. The van der Waals surface area contributed by atoms with Gasteiger partial charge in [0.05, 0.1) is 6.61 Å². The lowest BCUT2D eigenvalue weighted by atomic mass is 10.1. The molecule has 0 aliphatic rings. The van der Waals surface area contributed by atoms with Crippen LogP contribution in [0.4, 0.5) is 0 Å². The van der Waals surface area contributed by atoms with Gasteiger partial charge in [0.15, 0.2) is 0 Å². The van der Waals surface area contributed by atoms with E-state index in [4.69, 9.17) is 14.2 Å². The predicted octanol–water partition coefficient (Wildman–Crippen LogP) is 8.23. The average molecular weight is 599 g/mol. The van der Waals surface area contributed by atoms with E-state index >= 15 is 0 Å². The first kappa shape index (κ1) is 40.8. The molecule has 0 saturated heterocycles. The normalized spacial score (nSPS) is 11.2. The van der Waals surface area contributed by atoms with Crippen LogP contribution in [0.5, 0.6) is 0 Å². The van der Waals surface area contributed by atoms with E-state index in [9.17, 15) is 9.59 Å². The summed E-state index contributed by atoms with van der Waals surface area (Å²) in [7, 11) is 5.18. The van der Waals surface area contributed by atoms with Gasteiger partial charge in [-0.15, -0.1) is 0 Å². The van der Waals surface area contributed by atoms with Crippen molar-refractivity contribution in [2.75, 3.05) is 60.8 Å². The average Bonchev–Trinajstić information content (AvgIpc) is 2.99. The number of rotatable bonds is 34. The fourth-order valence-corrected chi connectivity index (χ4v) is 5.40. The number of carbonyl (C=O) groups is 2. The molecule has 7 heteroatoms. The van der Waals surface area contributed by atoms with Crippen LogP contribution >= 0.6 is 0 Å². The summed E-state index contributed by atoms with van der Waals surface area (Å²) in [5, 5.41) is 2.82. The third-order valence-corrected chi connectivity index (χ3v) is 8.10. The maximum Gasteiger partial charge on any atom is 0.223 e. The molecule has 0 aliphatic heterocycles. The molecule has 2 amide bonds. The van der Waals surface area contributed by atoms with Gasteiger partial charge in [-0.1, -0.05) is 116 Å². The van der Waals surface area contributed by atoms with Crippen LogP contribution in [0, 0.1) is 0 Å². The van der Waals surface area contributed by atoms with Gasteiger partial charge in [-0.05, 0) is 25.7 Å². The van der Waals surface area contributed by atoms with Gasteiger partial charge in [0.25, 0.3) is 0 Å². The summed E-state index contributed by atoms with van der Waals surface area (Å²) in [4.78, 5) is 27.1. The Morgan fingerprint density at radius 2 is 0.786 bits per heavy atom. The first-order valence-corrected chi connectivity index (χ1v) is 17.7. The Morgan fingerprint density at radius 3 is 1.14 bits per heavy atom. The van der Waals surface area contributed by atoms with Crippen LogP contribution in [0.3, 0.4) is 0 Å². The summed E-state index contributed by atoms with van der Waals surface area (Å²) in [6, 6.07) is 0. The number of hydrogen-bond donors (Lipinski definition) is 1. The first-order valence-electron chi connectivity index (χ1n) is 17.7. The maximum absolute atomic E-state index is 13.0. The number of amides is 2. The summed E-state index contributed by atoms with van der Waals surface area (Å²) in [5.74, 6) is 0.0678. The quantitative estimate of drug-likeness (QED) is 0.0755. The van der Waals surface area contributed by atoms with Crippen molar-refractivity contribution in [3.8, 4) is 0 Å². The zero-order valence-electron chi connectivity index (χ0n) is 28.2. The lowest BCUT2D eigenvalue weighted by Crippen LogP contribution is -2.34. The van der Waals surface area contributed by atoms with Crippen LogP contribution in [0.15, 0.2) is 0 Å². The standard InChI is InChI=1S/C35H70N2O5/c1-40-31-24-20-16-12-8-4-6-10-14-18-22-29-37(35(39)27-26-34(38)36-28-33-42-3)30-23-19-15-11-7-5-9-13-17-21-25-32-41-2/h4-33H2,1-3H3,(H,36,38). The maximum atomic E-state index is 13.0. The Balaban J connectivity index is 4.08. The Hall–Kier alpha value is -1.18. The number of hydrogen-bond acceptors (Lipinski definition) is 5. The van der Waals surface area contributed by atoms with E-state index in [1.54, 1.807) is 21.3 Å². The minimum Gasteiger partial charge on any atom is -0.385 e. The second-order valence-electron chi connectivity index (χ2n) is 12.0. The molecule has 0 atom stereocenters. The number of carbonyl (C=O) groups excluding carboxylic acids is 2. The molecule has 0 aromatic heterocycles. The molecule has 0 aromatic carbocycles. The highest BCUT2D eigenvalue weighted by atomic mass is 16.5. The molecule has 0 radical (unpaired) electrons. The van der Waals surface area contributed by atoms with Gasteiger partial charge in [-0.2, -0.15) is 0 Å². The van der Waals surface area contributed by atoms with E-state index in [1.807, 2.05) is 4.90 Å². The molecule has 0 rings (SSSR count). The van der Waals surface area contributed by atoms with Crippen LogP contribution in [0.1, 0.15) is 154 Å². The second kappa shape index (κ2) is 34.3. The zero-order valence-corrected chi connectivity index (χ0v) is 28.2. The number of nitrogens with one attached hydrogen (secondary N) is 1. The minimum absolute atomic E-state index is 0.0645. The third kappa shape index (κ3) is 30.3. The van der Waals surface area contributed by atoms with E-state index in [0.29, 0.717) is 19.6 Å². The summed E-state index contributed by atoms with van der Waals surface area (Å²) < 4.78 is 15.2. The first-order chi connectivity index (χ1) is 20.7. The number of nitrogens with zero attached hydrogens (tertiary/aromatic N) is 1. The van der Waals surface area contributed by atoms with Crippen LogP contribution < -0.4 is 5.32 Å². The Morgan fingerprint density at radius 1 is 0.452 bits per heavy atom. The van der Waals surface area contributed by atoms with Crippen molar-refractivity contribution < 1.29 is 23.8 Å². The summed E-state index contributed by atoms with van der Waals surface area (Å²) in [5.41, 5.74) is 0. The predicted molar refractivity (Wildman–Crippen MR) is 176 cm³/mol. The molecular weight excluding hydrogens is 528 g/mol. The molecule has 42 heavy (non-hydrogen) atoms. The van der Waals surface area contributed by atoms with Gasteiger partial charge in [0.2, 0.25) is 11.8 Å². The molecule has 0 fully saturated rings. The van der Waals surface area contributed by atoms with E-state index in [0.717, 1.165) is 39.1 Å². The Bertz CT molecular complexity index is 546. The van der Waals surface area contributed by atoms with Gasteiger partial charge in [-0.3, -0.25) is 9.59 Å². The molecule has 0 aromatic rings. The smallest absolute Gasteiger partial charge is 0.223 e. The topological polar surface area (TPSA) is 77.1 Å². The number of unbranched alkanes of at least 4 members (excludes halogenated alkanes) is 20. The fourth-order valence-electron chi connectivity index (χ4n) is 5.40. The Labute approximate surface area is 260 Å². The van der Waals surface area contributed by atoms with E-state index in [2.05, 4.69) is 5.32 Å². The molecule has 0 unspecified atom stereocenters. The monoisotopic (exact) mass is 599 g/mol. The molecule has 0 heterocycles.